The third-order valence-corrected chi connectivity index (χ3v) is 5.68. The number of amides is 2. The number of imidazole rings is 1. The van der Waals surface area contributed by atoms with Gasteiger partial charge in [0.2, 0.25) is 0 Å². The first-order valence-corrected chi connectivity index (χ1v) is 11.0. The van der Waals surface area contributed by atoms with Crippen molar-refractivity contribution < 1.29 is 14.3 Å². The molecule has 1 aliphatic heterocycles. The summed E-state index contributed by atoms with van der Waals surface area (Å²) >= 11 is 0. The van der Waals surface area contributed by atoms with Gasteiger partial charge < -0.3 is 19.5 Å². The molecule has 2 amide bonds. The van der Waals surface area contributed by atoms with E-state index in [0.29, 0.717) is 30.0 Å². The molecule has 1 aliphatic rings. The van der Waals surface area contributed by atoms with Crippen LogP contribution in [0.15, 0.2) is 60.9 Å². The maximum Gasteiger partial charge on any atom is 0.253 e. The maximum atomic E-state index is 12.7. The smallest absolute Gasteiger partial charge is 0.253 e. The molecule has 0 radical (unpaired) electrons. The van der Waals surface area contributed by atoms with Gasteiger partial charge in [0, 0.05) is 50.2 Å². The summed E-state index contributed by atoms with van der Waals surface area (Å²) < 4.78 is 7.63. The quantitative estimate of drug-likeness (QED) is 0.619. The monoisotopic (exact) mass is 432 g/mol. The maximum absolute atomic E-state index is 12.7. The van der Waals surface area contributed by atoms with Crippen molar-refractivity contribution >= 4 is 11.8 Å². The molecule has 7 nitrogen and oxygen atoms in total. The van der Waals surface area contributed by atoms with Gasteiger partial charge in [0.15, 0.2) is 0 Å². The molecule has 166 valence electrons. The SMILES string of the molecule is Cn1ccnc1COc1ccc(C(=O)NCc2cccc(C(=O)N3CCCCC3)c2)cc1. The number of ether oxygens (including phenoxy) is 1. The highest BCUT2D eigenvalue weighted by Gasteiger charge is 2.18. The van der Waals surface area contributed by atoms with Crippen LogP contribution in [0.4, 0.5) is 0 Å². The number of aromatic nitrogens is 2. The molecule has 0 bridgehead atoms. The van der Waals surface area contributed by atoms with Crippen LogP contribution in [0, 0.1) is 0 Å². The van der Waals surface area contributed by atoms with E-state index in [9.17, 15) is 9.59 Å². The van der Waals surface area contributed by atoms with Gasteiger partial charge in [0.25, 0.3) is 11.8 Å². The summed E-state index contributed by atoms with van der Waals surface area (Å²) in [6.45, 7) is 2.36. The number of rotatable bonds is 7. The number of benzene rings is 2. The van der Waals surface area contributed by atoms with E-state index < -0.39 is 0 Å². The van der Waals surface area contributed by atoms with Crippen LogP contribution in [-0.2, 0) is 20.2 Å². The number of hydrogen-bond donors (Lipinski definition) is 1. The van der Waals surface area contributed by atoms with Gasteiger partial charge in [-0.3, -0.25) is 9.59 Å². The van der Waals surface area contributed by atoms with Crippen molar-refractivity contribution in [2.45, 2.75) is 32.4 Å². The van der Waals surface area contributed by atoms with Crippen molar-refractivity contribution in [3.05, 3.63) is 83.4 Å². The largest absolute Gasteiger partial charge is 0.486 e. The van der Waals surface area contributed by atoms with Gasteiger partial charge >= 0.3 is 0 Å². The van der Waals surface area contributed by atoms with Crippen LogP contribution in [0.3, 0.4) is 0 Å². The molecule has 1 aromatic heterocycles. The number of carbonyl (C=O) groups is 2. The Morgan fingerprint density at radius 3 is 2.53 bits per heavy atom. The number of hydrogen-bond acceptors (Lipinski definition) is 4. The number of piperidine rings is 1. The van der Waals surface area contributed by atoms with Crippen LogP contribution in [0.25, 0.3) is 0 Å². The van der Waals surface area contributed by atoms with Crippen molar-refractivity contribution in [2.75, 3.05) is 13.1 Å². The zero-order chi connectivity index (χ0) is 22.3. The van der Waals surface area contributed by atoms with Gasteiger partial charge in [-0.15, -0.1) is 0 Å². The molecule has 2 heterocycles. The highest BCUT2D eigenvalue weighted by molar-refractivity contribution is 5.95. The van der Waals surface area contributed by atoms with Crippen molar-refractivity contribution in [3.63, 3.8) is 0 Å². The Bertz CT molecular complexity index is 1070. The van der Waals surface area contributed by atoms with Gasteiger partial charge in [0.05, 0.1) is 0 Å². The second-order valence-corrected chi connectivity index (χ2v) is 8.00. The fourth-order valence-electron chi connectivity index (χ4n) is 3.76. The normalized spacial score (nSPS) is 13.6. The molecule has 0 aliphatic carbocycles. The van der Waals surface area contributed by atoms with E-state index in [-0.39, 0.29) is 11.8 Å². The summed E-state index contributed by atoms with van der Waals surface area (Å²) in [6.07, 6.45) is 6.91. The van der Waals surface area contributed by atoms with Crippen LogP contribution >= 0.6 is 0 Å². The topological polar surface area (TPSA) is 76.5 Å². The molecule has 0 unspecified atom stereocenters. The number of nitrogens with one attached hydrogen (secondary N) is 1. The van der Waals surface area contributed by atoms with E-state index in [4.69, 9.17) is 4.74 Å². The molecule has 0 spiro atoms. The number of likely N-dealkylation sites (tertiary alicyclic amines) is 1. The molecule has 7 heteroatoms. The summed E-state index contributed by atoms with van der Waals surface area (Å²) in [5, 5.41) is 2.92. The van der Waals surface area contributed by atoms with E-state index in [2.05, 4.69) is 10.3 Å². The number of nitrogens with zero attached hydrogens (tertiary/aromatic N) is 3. The molecule has 4 rings (SSSR count). The van der Waals surface area contributed by atoms with Crippen LogP contribution in [0.2, 0.25) is 0 Å². The fourth-order valence-corrected chi connectivity index (χ4v) is 3.76. The molecule has 0 atom stereocenters. The summed E-state index contributed by atoms with van der Waals surface area (Å²) in [6, 6.07) is 14.5. The Balaban J connectivity index is 1.30. The zero-order valence-corrected chi connectivity index (χ0v) is 18.3. The Morgan fingerprint density at radius 2 is 1.81 bits per heavy atom. The van der Waals surface area contributed by atoms with Crippen molar-refractivity contribution in [2.24, 2.45) is 7.05 Å². The summed E-state index contributed by atoms with van der Waals surface area (Å²) in [7, 11) is 1.92. The highest BCUT2D eigenvalue weighted by atomic mass is 16.5. The average Bonchev–Trinajstić information content (AvgIpc) is 3.26. The van der Waals surface area contributed by atoms with E-state index in [1.165, 1.54) is 6.42 Å². The first kappa shape index (κ1) is 21.6. The Morgan fingerprint density at radius 1 is 1.03 bits per heavy atom. The lowest BCUT2D eigenvalue weighted by Crippen LogP contribution is -2.35. The van der Waals surface area contributed by atoms with Crippen molar-refractivity contribution in [1.82, 2.24) is 19.8 Å². The fraction of sp³-hybridized carbons (Fsp3) is 0.320. The molecule has 3 aromatic rings. The minimum atomic E-state index is -0.173. The van der Waals surface area contributed by atoms with E-state index in [1.54, 1.807) is 30.5 Å². The summed E-state index contributed by atoms with van der Waals surface area (Å²) in [5.74, 6) is 1.40. The minimum Gasteiger partial charge on any atom is -0.486 e. The van der Waals surface area contributed by atoms with Crippen LogP contribution in [-0.4, -0.2) is 39.4 Å². The lowest BCUT2D eigenvalue weighted by atomic mass is 10.1. The second kappa shape index (κ2) is 10.1. The van der Waals surface area contributed by atoms with E-state index >= 15 is 0 Å². The van der Waals surface area contributed by atoms with Gasteiger partial charge in [-0.2, -0.15) is 0 Å². The Kier molecular flexibility index (Phi) is 6.84. The third kappa shape index (κ3) is 5.35. The summed E-state index contributed by atoms with van der Waals surface area (Å²) in [4.78, 5) is 31.4. The summed E-state index contributed by atoms with van der Waals surface area (Å²) in [5.41, 5.74) is 2.12. The van der Waals surface area contributed by atoms with Gasteiger partial charge in [0.1, 0.15) is 18.2 Å². The standard InChI is InChI=1S/C25H28N4O3/c1-28-15-12-26-23(28)18-32-22-10-8-20(9-11-22)24(30)27-17-19-6-5-7-21(16-19)25(31)29-13-3-2-4-14-29/h5-12,15-16H,2-4,13-14,17-18H2,1H3,(H,27,30). The predicted molar refractivity (Wildman–Crippen MR) is 121 cm³/mol. The minimum absolute atomic E-state index is 0.0685. The van der Waals surface area contributed by atoms with Gasteiger partial charge in [-0.25, -0.2) is 4.98 Å². The highest BCUT2D eigenvalue weighted by Crippen LogP contribution is 2.16. The van der Waals surface area contributed by atoms with Crippen LogP contribution in [0.5, 0.6) is 5.75 Å². The molecule has 0 saturated carbocycles. The molecule has 2 aromatic carbocycles. The van der Waals surface area contributed by atoms with Gasteiger partial charge in [-0.1, -0.05) is 12.1 Å². The van der Waals surface area contributed by atoms with Crippen molar-refractivity contribution in [3.8, 4) is 5.75 Å². The molecule has 1 saturated heterocycles. The van der Waals surface area contributed by atoms with E-state index in [0.717, 1.165) is 37.3 Å². The third-order valence-electron chi connectivity index (χ3n) is 5.68. The number of carbonyl (C=O) groups excluding carboxylic acids is 2. The second-order valence-electron chi connectivity index (χ2n) is 8.00. The first-order chi connectivity index (χ1) is 15.6. The molecule has 1 N–H and O–H groups in total. The Labute approximate surface area is 188 Å². The Hall–Kier alpha value is -3.61. The predicted octanol–water partition coefficient (Wildman–Crippen LogP) is 3.56. The first-order valence-electron chi connectivity index (χ1n) is 11.0. The van der Waals surface area contributed by atoms with E-state index in [1.807, 2.05) is 47.0 Å². The molecular weight excluding hydrogens is 404 g/mol. The van der Waals surface area contributed by atoms with Crippen molar-refractivity contribution in [1.29, 1.82) is 0 Å². The molecule has 32 heavy (non-hydrogen) atoms. The van der Waals surface area contributed by atoms with Crippen LogP contribution in [0.1, 0.15) is 51.4 Å². The zero-order valence-electron chi connectivity index (χ0n) is 18.3. The number of aryl methyl sites for hydroxylation is 1. The lowest BCUT2D eigenvalue weighted by Gasteiger charge is -2.26. The van der Waals surface area contributed by atoms with Crippen LogP contribution < -0.4 is 10.1 Å². The molecule has 1 fully saturated rings. The molecular formula is C25H28N4O3. The lowest BCUT2D eigenvalue weighted by molar-refractivity contribution is 0.0724. The van der Waals surface area contributed by atoms with Gasteiger partial charge in [-0.05, 0) is 61.2 Å². The average molecular weight is 433 g/mol.